The highest BCUT2D eigenvalue weighted by molar-refractivity contribution is 14.1. The largest absolute Gasteiger partial charge is 0.380 e. The minimum absolute atomic E-state index is 0.115. The van der Waals surface area contributed by atoms with E-state index in [0.717, 1.165) is 16.9 Å². The summed E-state index contributed by atoms with van der Waals surface area (Å²) in [5, 5.41) is 14.0. The van der Waals surface area contributed by atoms with E-state index in [0.29, 0.717) is 10.2 Å². The predicted octanol–water partition coefficient (Wildman–Crippen LogP) is 4.09. The second-order valence-electron chi connectivity index (χ2n) is 4.18. The normalized spacial score (nSPS) is 10.3. The van der Waals surface area contributed by atoms with E-state index < -0.39 is 0 Å². The molecule has 0 saturated carbocycles. The topological polar surface area (TPSA) is 64.4 Å². The maximum atomic E-state index is 10.8. The van der Waals surface area contributed by atoms with Crippen LogP contribution in [0.1, 0.15) is 5.56 Å². The zero-order valence-corrected chi connectivity index (χ0v) is 13.0. The summed E-state index contributed by atoms with van der Waals surface area (Å²) >= 11 is 1.96. The van der Waals surface area contributed by atoms with Gasteiger partial charge < -0.3 is 10.1 Å². The summed E-state index contributed by atoms with van der Waals surface area (Å²) in [4.78, 5) is 10.4. The average molecular weight is 384 g/mol. The van der Waals surface area contributed by atoms with Crippen LogP contribution in [0.15, 0.2) is 42.5 Å². The van der Waals surface area contributed by atoms with E-state index in [9.17, 15) is 10.1 Å². The van der Waals surface area contributed by atoms with Crippen molar-refractivity contribution in [2.45, 2.75) is 6.61 Å². The minimum atomic E-state index is -0.384. The second-order valence-corrected chi connectivity index (χ2v) is 5.34. The molecule has 0 aliphatic carbocycles. The standard InChI is InChI=1S/C14H13IN2O3/c1-20-9-10-3-2-4-11(7-10)16-12-5-6-14(17(18)19)13(15)8-12/h2-8,16H,9H2,1H3. The first-order valence-electron chi connectivity index (χ1n) is 5.89. The summed E-state index contributed by atoms with van der Waals surface area (Å²) in [5.41, 5.74) is 2.91. The zero-order valence-electron chi connectivity index (χ0n) is 10.8. The van der Waals surface area contributed by atoms with Gasteiger partial charge >= 0.3 is 0 Å². The van der Waals surface area contributed by atoms with Crippen LogP contribution in [-0.4, -0.2) is 12.0 Å². The van der Waals surface area contributed by atoms with Crippen molar-refractivity contribution in [2.75, 3.05) is 12.4 Å². The lowest BCUT2D eigenvalue weighted by atomic mass is 10.2. The van der Waals surface area contributed by atoms with Gasteiger partial charge in [-0.1, -0.05) is 12.1 Å². The lowest BCUT2D eigenvalue weighted by Crippen LogP contribution is -1.96. The van der Waals surface area contributed by atoms with Crippen molar-refractivity contribution in [3.8, 4) is 0 Å². The first-order valence-corrected chi connectivity index (χ1v) is 6.97. The molecule has 2 aromatic carbocycles. The third kappa shape index (κ3) is 3.67. The molecule has 0 unspecified atom stereocenters. The van der Waals surface area contributed by atoms with Crippen molar-refractivity contribution in [1.82, 2.24) is 0 Å². The molecule has 0 atom stereocenters. The lowest BCUT2D eigenvalue weighted by Gasteiger charge is -2.08. The van der Waals surface area contributed by atoms with Crippen LogP contribution in [0.4, 0.5) is 17.1 Å². The molecular formula is C14H13IN2O3. The molecule has 20 heavy (non-hydrogen) atoms. The third-order valence-corrected chi connectivity index (χ3v) is 3.54. The van der Waals surface area contributed by atoms with Crippen molar-refractivity contribution in [2.24, 2.45) is 0 Å². The SMILES string of the molecule is COCc1cccc(Nc2ccc([N+](=O)[O-])c(I)c2)c1. The quantitative estimate of drug-likeness (QED) is 0.479. The molecule has 1 N–H and O–H groups in total. The number of rotatable bonds is 5. The molecule has 0 aliphatic rings. The molecular weight excluding hydrogens is 371 g/mol. The number of hydrogen-bond acceptors (Lipinski definition) is 4. The fourth-order valence-electron chi connectivity index (χ4n) is 1.80. The Bertz CT molecular complexity index is 632. The highest BCUT2D eigenvalue weighted by Gasteiger charge is 2.11. The van der Waals surface area contributed by atoms with Crippen LogP contribution in [0.25, 0.3) is 0 Å². The highest BCUT2D eigenvalue weighted by Crippen LogP contribution is 2.26. The molecule has 0 amide bonds. The lowest BCUT2D eigenvalue weighted by molar-refractivity contribution is -0.385. The van der Waals surface area contributed by atoms with Crippen molar-refractivity contribution in [3.05, 3.63) is 61.7 Å². The van der Waals surface area contributed by atoms with Crippen LogP contribution in [-0.2, 0) is 11.3 Å². The minimum Gasteiger partial charge on any atom is -0.380 e. The van der Waals surface area contributed by atoms with Crippen molar-refractivity contribution < 1.29 is 9.66 Å². The maximum Gasteiger partial charge on any atom is 0.282 e. The molecule has 0 aromatic heterocycles. The third-order valence-electron chi connectivity index (χ3n) is 2.67. The van der Waals surface area contributed by atoms with Crippen LogP contribution >= 0.6 is 22.6 Å². The van der Waals surface area contributed by atoms with E-state index in [1.165, 1.54) is 6.07 Å². The molecule has 0 fully saturated rings. The summed E-state index contributed by atoms with van der Waals surface area (Å²) < 4.78 is 5.69. The number of methoxy groups -OCH3 is 1. The smallest absolute Gasteiger partial charge is 0.282 e. The van der Waals surface area contributed by atoms with Crippen LogP contribution in [0, 0.1) is 13.7 Å². The molecule has 0 heterocycles. The summed E-state index contributed by atoms with van der Waals surface area (Å²) in [7, 11) is 1.65. The van der Waals surface area contributed by atoms with Crippen LogP contribution in [0.2, 0.25) is 0 Å². The molecule has 0 saturated heterocycles. The summed E-state index contributed by atoms with van der Waals surface area (Å²) in [5.74, 6) is 0. The van der Waals surface area contributed by atoms with E-state index in [-0.39, 0.29) is 10.6 Å². The van der Waals surface area contributed by atoms with E-state index in [2.05, 4.69) is 5.32 Å². The van der Waals surface area contributed by atoms with Gasteiger partial charge in [-0.3, -0.25) is 10.1 Å². The average Bonchev–Trinajstić information content (AvgIpc) is 2.39. The first-order chi connectivity index (χ1) is 9.60. The molecule has 0 bridgehead atoms. The Morgan fingerprint density at radius 2 is 2.00 bits per heavy atom. The number of halogens is 1. The Kier molecular flexibility index (Phi) is 4.91. The van der Waals surface area contributed by atoms with Gasteiger partial charge in [-0.15, -0.1) is 0 Å². The maximum absolute atomic E-state index is 10.8. The number of benzene rings is 2. The van der Waals surface area contributed by atoms with E-state index >= 15 is 0 Å². The van der Waals surface area contributed by atoms with Crippen LogP contribution in [0.5, 0.6) is 0 Å². The van der Waals surface area contributed by atoms with Crippen LogP contribution in [0.3, 0.4) is 0 Å². The number of nitro benzene ring substituents is 1. The Morgan fingerprint density at radius 1 is 1.25 bits per heavy atom. The molecule has 0 radical (unpaired) electrons. The van der Waals surface area contributed by atoms with Crippen molar-refractivity contribution >= 4 is 39.7 Å². The number of nitrogens with one attached hydrogen (secondary N) is 1. The number of ether oxygens (including phenoxy) is 1. The molecule has 2 rings (SSSR count). The van der Waals surface area contributed by atoms with Gasteiger partial charge in [-0.2, -0.15) is 0 Å². The van der Waals surface area contributed by atoms with Gasteiger partial charge in [0.1, 0.15) is 0 Å². The summed E-state index contributed by atoms with van der Waals surface area (Å²) in [6, 6.07) is 12.8. The second kappa shape index (κ2) is 6.67. The molecule has 0 aliphatic heterocycles. The van der Waals surface area contributed by atoms with Gasteiger partial charge in [0.05, 0.1) is 15.1 Å². The Labute approximate surface area is 130 Å². The molecule has 104 valence electrons. The summed E-state index contributed by atoms with van der Waals surface area (Å²) in [6.07, 6.45) is 0. The highest BCUT2D eigenvalue weighted by atomic mass is 127. The van der Waals surface area contributed by atoms with Gasteiger partial charge in [-0.25, -0.2) is 0 Å². The van der Waals surface area contributed by atoms with Gasteiger partial charge in [0.2, 0.25) is 0 Å². The van der Waals surface area contributed by atoms with Crippen LogP contribution < -0.4 is 5.32 Å². The van der Waals surface area contributed by atoms with Crippen molar-refractivity contribution in [1.29, 1.82) is 0 Å². The first kappa shape index (κ1) is 14.7. The predicted molar refractivity (Wildman–Crippen MR) is 86.3 cm³/mol. The van der Waals surface area contributed by atoms with Gasteiger partial charge in [0, 0.05) is 24.6 Å². The van der Waals surface area contributed by atoms with Gasteiger partial charge in [0.15, 0.2) is 0 Å². The van der Waals surface area contributed by atoms with Gasteiger partial charge in [0.25, 0.3) is 5.69 Å². The molecule has 2 aromatic rings. The Hall–Kier alpha value is -1.67. The Morgan fingerprint density at radius 3 is 2.65 bits per heavy atom. The Balaban J connectivity index is 2.19. The fourth-order valence-corrected chi connectivity index (χ4v) is 2.52. The van der Waals surface area contributed by atoms with Crippen molar-refractivity contribution in [3.63, 3.8) is 0 Å². The summed E-state index contributed by atoms with van der Waals surface area (Å²) in [6.45, 7) is 0.549. The number of nitrogens with zero attached hydrogens (tertiary/aromatic N) is 1. The number of anilines is 2. The number of hydrogen-bond donors (Lipinski definition) is 1. The van der Waals surface area contributed by atoms with E-state index in [1.807, 2.05) is 46.9 Å². The zero-order chi connectivity index (χ0) is 14.5. The fraction of sp³-hybridized carbons (Fsp3) is 0.143. The monoisotopic (exact) mass is 384 g/mol. The molecule has 5 nitrogen and oxygen atoms in total. The van der Waals surface area contributed by atoms with Gasteiger partial charge in [-0.05, 0) is 52.4 Å². The van der Waals surface area contributed by atoms with E-state index in [1.54, 1.807) is 19.2 Å². The molecule has 6 heteroatoms. The van der Waals surface area contributed by atoms with E-state index in [4.69, 9.17) is 4.74 Å². The number of nitro groups is 1. The molecule has 0 spiro atoms.